The van der Waals surface area contributed by atoms with Gasteiger partial charge < -0.3 is 4.90 Å². The SMILES string of the molecule is O=[N+]([O-])c1cccc(S(=O)(=O)N2CCCSCC2CN2CCCC2)c1. The minimum atomic E-state index is -3.74. The van der Waals surface area contributed by atoms with Crippen LogP contribution in [0.4, 0.5) is 5.69 Å². The van der Waals surface area contributed by atoms with Gasteiger partial charge in [0.2, 0.25) is 10.0 Å². The van der Waals surface area contributed by atoms with E-state index in [2.05, 4.69) is 4.90 Å². The molecule has 2 saturated heterocycles. The summed E-state index contributed by atoms with van der Waals surface area (Å²) in [6.45, 7) is 3.25. The van der Waals surface area contributed by atoms with Crippen LogP contribution in [0.15, 0.2) is 29.2 Å². The van der Waals surface area contributed by atoms with Crippen molar-refractivity contribution in [1.29, 1.82) is 0 Å². The van der Waals surface area contributed by atoms with Crippen LogP contribution in [-0.4, -0.2) is 66.3 Å². The molecule has 25 heavy (non-hydrogen) atoms. The lowest BCUT2D eigenvalue weighted by Gasteiger charge is -2.31. The van der Waals surface area contributed by atoms with Gasteiger partial charge >= 0.3 is 0 Å². The summed E-state index contributed by atoms with van der Waals surface area (Å²) in [5, 5.41) is 11.0. The molecule has 2 fully saturated rings. The van der Waals surface area contributed by atoms with Crippen molar-refractivity contribution in [2.75, 3.05) is 37.7 Å². The second-order valence-electron chi connectivity index (χ2n) is 6.46. The van der Waals surface area contributed by atoms with Crippen molar-refractivity contribution in [1.82, 2.24) is 9.21 Å². The van der Waals surface area contributed by atoms with Gasteiger partial charge in [-0.25, -0.2) is 8.42 Å². The zero-order valence-electron chi connectivity index (χ0n) is 14.0. The molecule has 1 unspecified atom stereocenters. The molecule has 0 spiro atoms. The van der Waals surface area contributed by atoms with Crippen molar-refractivity contribution in [3.05, 3.63) is 34.4 Å². The first-order valence-corrected chi connectivity index (χ1v) is 11.1. The minimum absolute atomic E-state index is 0.0139. The summed E-state index contributed by atoms with van der Waals surface area (Å²) in [6, 6.07) is 5.29. The highest BCUT2D eigenvalue weighted by Gasteiger charge is 2.34. The first kappa shape index (κ1) is 18.6. The summed E-state index contributed by atoms with van der Waals surface area (Å²) < 4.78 is 27.9. The minimum Gasteiger partial charge on any atom is -0.302 e. The molecule has 0 radical (unpaired) electrons. The zero-order chi connectivity index (χ0) is 17.9. The molecule has 2 heterocycles. The van der Waals surface area contributed by atoms with Crippen molar-refractivity contribution >= 4 is 27.5 Å². The Morgan fingerprint density at radius 2 is 1.96 bits per heavy atom. The average molecular weight is 386 g/mol. The van der Waals surface area contributed by atoms with Crippen LogP contribution in [0.2, 0.25) is 0 Å². The Labute approximate surface area is 152 Å². The van der Waals surface area contributed by atoms with Gasteiger partial charge in [0.25, 0.3) is 5.69 Å². The fourth-order valence-electron chi connectivity index (χ4n) is 3.42. The summed E-state index contributed by atoms with van der Waals surface area (Å²) >= 11 is 1.79. The molecular weight excluding hydrogens is 362 g/mol. The number of benzene rings is 1. The van der Waals surface area contributed by atoms with Crippen LogP contribution in [-0.2, 0) is 10.0 Å². The zero-order valence-corrected chi connectivity index (χ0v) is 15.7. The molecule has 0 bridgehead atoms. The largest absolute Gasteiger partial charge is 0.302 e. The highest BCUT2D eigenvalue weighted by atomic mass is 32.2. The van der Waals surface area contributed by atoms with Gasteiger partial charge in [0, 0.05) is 37.0 Å². The van der Waals surface area contributed by atoms with Gasteiger partial charge in [-0.15, -0.1) is 0 Å². The Morgan fingerprint density at radius 3 is 2.68 bits per heavy atom. The predicted octanol–water partition coefficient (Wildman–Crippen LogP) is 2.19. The van der Waals surface area contributed by atoms with Crippen LogP contribution in [0.25, 0.3) is 0 Å². The van der Waals surface area contributed by atoms with Crippen LogP contribution >= 0.6 is 11.8 Å². The number of hydrogen-bond donors (Lipinski definition) is 0. The first-order chi connectivity index (χ1) is 12.0. The fraction of sp³-hybridized carbons (Fsp3) is 0.625. The maximum Gasteiger partial charge on any atom is 0.270 e. The van der Waals surface area contributed by atoms with E-state index in [1.165, 1.54) is 24.3 Å². The third-order valence-electron chi connectivity index (χ3n) is 4.69. The highest BCUT2D eigenvalue weighted by Crippen LogP contribution is 2.27. The summed E-state index contributed by atoms with van der Waals surface area (Å²) in [6.07, 6.45) is 3.13. The van der Waals surface area contributed by atoms with Gasteiger partial charge in [-0.1, -0.05) is 6.07 Å². The van der Waals surface area contributed by atoms with Gasteiger partial charge in [-0.3, -0.25) is 10.1 Å². The summed E-state index contributed by atoms with van der Waals surface area (Å²) in [5.74, 6) is 1.71. The monoisotopic (exact) mass is 385 g/mol. The Hall–Kier alpha value is -1.16. The molecule has 1 aromatic rings. The lowest BCUT2D eigenvalue weighted by Crippen LogP contribution is -2.47. The van der Waals surface area contributed by atoms with Crippen molar-refractivity contribution in [2.24, 2.45) is 0 Å². The summed E-state index contributed by atoms with van der Waals surface area (Å²) in [5.41, 5.74) is -0.193. The molecule has 7 nitrogen and oxygen atoms in total. The van der Waals surface area contributed by atoms with Crippen molar-refractivity contribution in [3.63, 3.8) is 0 Å². The molecule has 1 aromatic carbocycles. The van der Waals surface area contributed by atoms with Crippen LogP contribution in [0.1, 0.15) is 19.3 Å². The summed E-state index contributed by atoms with van der Waals surface area (Å²) in [4.78, 5) is 12.8. The Morgan fingerprint density at radius 1 is 1.20 bits per heavy atom. The van der Waals surface area contributed by atoms with E-state index in [0.717, 1.165) is 50.4 Å². The smallest absolute Gasteiger partial charge is 0.270 e. The number of rotatable bonds is 5. The van der Waals surface area contributed by atoms with E-state index >= 15 is 0 Å². The van der Waals surface area contributed by atoms with Crippen LogP contribution in [0, 0.1) is 10.1 Å². The van der Waals surface area contributed by atoms with E-state index in [0.29, 0.717) is 6.54 Å². The Balaban J connectivity index is 1.88. The molecular formula is C16H23N3O4S2. The van der Waals surface area contributed by atoms with Crippen LogP contribution in [0.3, 0.4) is 0 Å². The predicted molar refractivity (Wildman–Crippen MR) is 98.4 cm³/mol. The van der Waals surface area contributed by atoms with Crippen LogP contribution in [0.5, 0.6) is 0 Å². The lowest BCUT2D eigenvalue weighted by molar-refractivity contribution is -0.385. The maximum absolute atomic E-state index is 13.2. The number of thioether (sulfide) groups is 1. The standard InChI is InChI=1S/C16H23N3O4S2/c20-19(21)14-5-3-6-16(11-14)25(22,23)18-9-4-10-24-13-15(18)12-17-7-1-2-8-17/h3,5-6,11,15H,1-2,4,7-10,12-13H2. The number of nitrogens with zero attached hydrogens (tertiary/aromatic N) is 3. The summed E-state index contributed by atoms with van der Waals surface area (Å²) in [7, 11) is -3.74. The van der Waals surface area contributed by atoms with Crippen molar-refractivity contribution < 1.29 is 13.3 Å². The number of nitro benzene ring substituents is 1. The normalized spacial score (nSPS) is 23.4. The van der Waals surface area contributed by atoms with E-state index in [4.69, 9.17) is 0 Å². The topological polar surface area (TPSA) is 83.8 Å². The van der Waals surface area contributed by atoms with Gasteiger partial charge in [0.15, 0.2) is 0 Å². The van der Waals surface area contributed by atoms with Gasteiger partial charge in [-0.05, 0) is 44.2 Å². The fourth-order valence-corrected chi connectivity index (χ4v) is 6.27. The van der Waals surface area contributed by atoms with E-state index in [-0.39, 0.29) is 16.6 Å². The second kappa shape index (κ2) is 8.03. The molecule has 0 N–H and O–H groups in total. The Bertz CT molecular complexity index is 720. The number of nitro groups is 1. The van der Waals surface area contributed by atoms with Gasteiger partial charge in [0.05, 0.1) is 9.82 Å². The molecule has 0 aromatic heterocycles. The first-order valence-electron chi connectivity index (χ1n) is 8.55. The molecule has 9 heteroatoms. The number of sulfonamides is 1. The third kappa shape index (κ3) is 4.33. The molecule has 138 valence electrons. The molecule has 0 amide bonds. The van der Waals surface area contributed by atoms with E-state index < -0.39 is 14.9 Å². The molecule has 2 aliphatic heterocycles. The number of likely N-dealkylation sites (tertiary alicyclic amines) is 1. The molecule has 2 aliphatic rings. The number of non-ortho nitro benzene ring substituents is 1. The second-order valence-corrected chi connectivity index (χ2v) is 9.50. The van der Waals surface area contributed by atoms with Crippen molar-refractivity contribution in [2.45, 2.75) is 30.2 Å². The lowest BCUT2D eigenvalue weighted by atomic mass is 10.3. The van der Waals surface area contributed by atoms with E-state index in [1.54, 1.807) is 16.1 Å². The maximum atomic E-state index is 13.2. The van der Waals surface area contributed by atoms with E-state index in [9.17, 15) is 18.5 Å². The molecule has 0 saturated carbocycles. The van der Waals surface area contributed by atoms with Crippen molar-refractivity contribution in [3.8, 4) is 0 Å². The van der Waals surface area contributed by atoms with E-state index in [1.807, 2.05) is 0 Å². The Kier molecular flexibility index (Phi) is 5.98. The third-order valence-corrected chi connectivity index (χ3v) is 7.83. The molecule has 3 rings (SSSR count). The highest BCUT2D eigenvalue weighted by molar-refractivity contribution is 7.99. The molecule has 1 atom stereocenters. The quantitative estimate of drug-likeness (QED) is 0.571. The van der Waals surface area contributed by atoms with Gasteiger partial charge in [-0.2, -0.15) is 16.1 Å². The average Bonchev–Trinajstić information content (AvgIpc) is 2.99. The van der Waals surface area contributed by atoms with Gasteiger partial charge in [0.1, 0.15) is 0 Å². The van der Waals surface area contributed by atoms with Crippen LogP contribution < -0.4 is 0 Å². The number of hydrogen-bond acceptors (Lipinski definition) is 6. The molecule has 0 aliphatic carbocycles.